The van der Waals surface area contributed by atoms with E-state index in [-0.39, 0.29) is 0 Å². The van der Waals surface area contributed by atoms with Crippen molar-refractivity contribution in [3.05, 3.63) is 46.8 Å². The highest BCUT2D eigenvalue weighted by molar-refractivity contribution is 5.38. The Balaban J connectivity index is 2.33. The molecule has 2 aromatic rings. The molecule has 0 bridgehead atoms. The Morgan fingerprint density at radius 3 is 2.37 bits per heavy atom. The molecular weight excluding hydrogens is 234 g/mol. The summed E-state index contributed by atoms with van der Waals surface area (Å²) in [6.07, 6.45) is 1.07. The van der Waals surface area contributed by atoms with E-state index < -0.39 is 0 Å². The van der Waals surface area contributed by atoms with E-state index in [4.69, 9.17) is 0 Å². The molecule has 1 aromatic heterocycles. The minimum atomic E-state index is 0.890. The van der Waals surface area contributed by atoms with E-state index in [1.807, 2.05) is 4.68 Å². The zero-order valence-corrected chi connectivity index (χ0v) is 12.3. The maximum absolute atomic E-state index is 4.67. The Labute approximate surface area is 115 Å². The monoisotopic (exact) mass is 257 g/mol. The number of aryl methyl sites for hydroxylation is 2. The van der Waals surface area contributed by atoms with Crippen LogP contribution in [-0.2, 0) is 13.0 Å². The molecule has 19 heavy (non-hydrogen) atoms. The van der Waals surface area contributed by atoms with Gasteiger partial charge in [-0.25, -0.2) is 4.68 Å². The standard InChI is InChI=1S/C16H23N3/c1-5-14-7-9-15(10-8-14)19-13(4)16(11-17-6-2)12(3)18-19/h7-10,17H,5-6,11H2,1-4H3. The molecule has 0 aliphatic carbocycles. The molecule has 3 nitrogen and oxygen atoms in total. The number of benzene rings is 1. The van der Waals surface area contributed by atoms with Crippen LogP contribution >= 0.6 is 0 Å². The molecule has 0 saturated carbocycles. The lowest BCUT2D eigenvalue weighted by molar-refractivity contribution is 0.719. The van der Waals surface area contributed by atoms with Gasteiger partial charge in [0.1, 0.15) is 0 Å². The van der Waals surface area contributed by atoms with Gasteiger partial charge < -0.3 is 5.32 Å². The Hall–Kier alpha value is -1.61. The number of nitrogens with one attached hydrogen (secondary N) is 1. The molecule has 2 rings (SSSR count). The molecule has 0 radical (unpaired) electrons. The molecule has 0 spiro atoms. The Morgan fingerprint density at radius 2 is 1.79 bits per heavy atom. The zero-order chi connectivity index (χ0) is 13.8. The lowest BCUT2D eigenvalue weighted by Gasteiger charge is -2.06. The summed E-state index contributed by atoms with van der Waals surface area (Å²) in [6, 6.07) is 8.65. The van der Waals surface area contributed by atoms with E-state index in [0.717, 1.165) is 30.9 Å². The minimum Gasteiger partial charge on any atom is -0.313 e. The normalized spacial score (nSPS) is 10.9. The van der Waals surface area contributed by atoms with Gasteiger partial charge in [-0.2, -0.15) is 5.10 Å². The Bertz CT molecular complexity index is 538. The summed E-state index contributed by atoms with van der Waals surface area (Å²) in [4.78, 5) is 0. The third-order valence-corrected chi connectivity index (χ3v) is 3.58. The number of hydrogen-bond acceptors (Lipinski definition) is 2. The number of rotatable bonds is 5. The van der Waals surface area contributed by atoms with E-state index in [9.17, 15) is 0 Å². The summed E-state index contributed by atoms with van der Waals surface area (Å²) in [5, 5.41) is 8.04. The third-order valence-electron chi connectivity index (χ3n) is 3.58. The van der Waals surface area contributed by atoms with E-state index in [1.165, 1.54) is 16.8 Å². The fraction of sp³-hybridized carbons (Fsp3) is 0.438. The van der Waals surface area contributed by atoms with Crippen molar-refractivity contribution in [2.24, 2.45) is 0 Å². The lowest BCUT2D eigenvalue weighted by Crippen LogP contribution is -2.13. The maximum Gasteiger partial charge on any atom is 0.0649 e. The van der Waals surface area contributed by atoms with E-state index in [2.05, 4.69) is 62.4 Å². The van der Waals surface area contributed by atoms with Crippen molar-refractivity contribution in [3.8, 4) is 5.69 Å². The van der Waals surface area contributed by atoms with Gasteiger partial charge in [-0.1, -0.05) is 26.0 Å². The van der Waals surface area contributed by atoms with Crippen LogP contribution in [0.2, 0.25) is 0 Å². The van der Waals surface area contributed by atoms with Gasteiger partial charge in [-0.05, 0) is 44.5 Å². The molecule has 0 unspecified atom stereocenters. The molecule has 0 atom stereocenters. The third kappa shape index (κ3) is 2.87. The predicted molar refractivity (Wildman–Crippen MR) is 79.8 cm³/mol. The van der Waals surface area contributed by atoms with Gasteiger partial charge in [-0.15, -0.1) is 0 Å². The second-order valence-corrected chi connectivity index (χ2v) is 4.86. The van der Waals surface area contributed by atoms with Crippen molar-refractivity contribution in [2.75, 3.05) is 6.54 Å². The molecular formula is C16H23N3. The summed E-state index contributed by atoms with van der Waals surface area (Å²) in [5.41, 5.74) is 6.14. The molecule has 3 heteroatoms. The maximum atomic E-state index is 4.67. The first-order valence-corrected chi connectivity index (χ1v) is 7.02. The summed E-state index contributed by atoms with van der Waals surface area (Å²) < 4.78 is 2.04. The highest BCUT2D eigenvalue weighted by Gasteiger charge is 2.11. The fourth-order valence-corrected chi connectivity index (χ4v) is 2.31. The van der Waals surface area contributed by atoms with Crippen LogP contribution in [0.1, 0.15) is 36.4 Å². The van der Waals surface area contributed by atoms with Crippen LogP contribution in [0.5, 0.6) is 0 Å². The largest absolute Gasteiger partial charge is 0.313 e. The molecule has 1 heterocycles. The van der Waals surface area contributed by atoms with Crippen molar-refractivity contribution in [1.82, 2.24) is 15.1 Å². The number of aromatic nitrogens is 2. The van der Waals surface area contributed by atoms with Crippen molar-refractivity contribution >= 4 is 0 Å². The summed E-state index contributed by atoms with van der Waals surface area (Å²) >= 11 is 0. The quantitative estimate of drug-likeness (QED) is 0.891. The molecule has 102 valence electrons. The molecule has 1 aromatic carbocycles. The van der Waals surface area contributed by atoms with E-state index in [0.29, 0.717) is 0 Å². The molecule has 1 N–H and O–H groups in total. The van der Waals surface area contributed by atoms with Crippen LogP contribution < -0.4 is 5.32 Å². The van der Waals surface area contributed by atoms with Crippen LogP contribution in [0.15, 0.2) is 24.3 Å². The molecule has 0 aliphatic heterocycles. The van der Waals surface area contributed by atoms with Crippen LogP contribution in [0.4, 0.5) is 0 Å². The van der Waals surface area contributed by atoms with Gasteiger partial charge in [0.2, 0.25) is 0 Å². The Kier molecular flexibility index (Phi) is 4.38. The summed E-state index contributed by atoms with van der Waals surface area (Å²) in [5.74, 6) is 0. The van der Waals surface area contributed by atoms with Gasteiger partial charge in [-0.3, -0.25) is 0 Å². The van der Waals surface area contributed by atoms with Crippen molar-refractivity contribution in [2.45, 2.75) is 40.7 Å². The summed E-state index contributed by atoms with van der Waals surface area (Å²) in [6.45, 7) is 10.4. The van der Waals surface area contributed by atoms with Gasteiger partial charge in [0.05, 0.1) is 11.4 Å². The molecule has 0 fully saturated rings. The fourth-order valence-electron chi connectivity index (χ4n) is 2.31. The molecule has 0 aliphatic rings. The average molecular weight is 257 g/mol. The van der Waals surface area contributed by atoms with Gasteiger partial charge in [0.25, 0.3) is 0 Å². The van der Waals surface area contributed by atoms with Crippen LogP contribution in [0.25, 0.3) is 5.69 Å². The van der Waals surface area contributed by atoms with Gasteiger partial charge in [0.15, 0.2) is 0 Å². The first-order chi connectivity index (χ1) is 9.17. The van der Waals surface area contributed by atoms with Crippen LogP contribution in [-0.4, -0.2) is 16.3 Å². The highest BCUT2D eigenvalue weighted by Crippen LogP contribution is 2.18. The van der Waals surface area contributed by atoms with E-state index >= 15 is 0 Å². The highest BCUT2D eigenvalue weighted by atomic mass is 15.3. The zero-order valence-electron chi connectivity index (χ0n) is 12.3. The average Bonchev–Trinajstić information content (AvgIpc) is 2.72. The van der Waals surface area contributed by atoms with Crippen molar-refractivity contribution in [3.63, 3.8) is 0 Å². The first-order valence-electron chi connectivity index (χ1n) is 7.02. The summed E-state index contributed by atoms with van der Waals surface area (Å²) in [7, 11) is 0. The number of nitrogens with zero attached hydrogens (tertiary/aromatic N) is 2. The Morgan fingerprint density at radius 1 is 1.11 bits per heavy atom. The van der Waals surface area contributed by atoms with Crippen LogP contribution in [0.3, 0.4) is 0 Å². The van der Waals surface area contributed by atoms with Crippen molar-refractivity contribution < 1.29 is 0 Å². The smallest absolute Gasteiger partial charge is 0.0649 e. The van der Waals surface area contributed by atoms with Crippen LogP contribution in [0, 0.1) is 13.8 Å². The second kappa shape index (κ2) is 6.02. The van der Waals surface area contributed by atoms with E-state index in [1.54, 1.807) is 0 Å². The second-order valence-electron chi connectivity index (χ2n) is 4.86. The van der Waals surface area contributed by atoms with Gasteiger partial charge >= 0.3 is 0 Å². The number of hydrogen-bond donors (Lipinski definition) is 1. The molecule has 0 saturated heterocycles. The molecule has 0 amide bonds. The topological polar surface area (TPSA) is 29.9 Å². The SMILES string of the molecule is CCNCc1c(C)nn(-c2ccc(CC)cc2)c1C. The van der Waals surface area contributed by atoms with Crippen molar-refractivity contribution in [1.29, 1.82) is 0 Å². The first kappa shape index (κ1) is 13.8. The minimum absolute atomic E-state index is 0.890. The predicted octanol–water partition coefficient (Wildman–Crippen LogP) is 3.16. The van der Waals surface area contributed by atoms with Gasteiger partial charge in [0, 0.05) is 17.8 Å². The lowest BCUT2D eigenvalue weighted by atomic mass is 10.1.